The van der Waals surface area contributed by atoms with Crippen LogP contribution >= 0.6 is 43.2 Å². The first-order valence-corrected chi connectivity index (χ1v) is 8.78. The first kappa shape index (κ1) is 15.7. The number of carbonyl (C=O) groups excluding carboxylic acids is 1. The number of amides is 1. The summed E-state index contributed by atoms with van der Waals surface area (Å²) < 4.78 is 1.83. The first-order valence-electron chi connectivity index (χ1n) is 6.38. The lowest BCUT2D eigenvalue weighted by molar-refractivity contribution is 0.103. The van der Waals surface area contributed by atoms with Gasteiger partial charge >= 0.3 is 0 Å². The van der Waals surface area contributed by atoms with Gasteiger partial charge in [-0.15, -0.1) is 11.3 Å². The molecule has 0 spiro atoms. The third-order valence-corrected chi connectivity index (χ3v) is 6.48. The molecule has 1 amide bonds. The molecule has 0 aliphatic rings. The monoisotopic (exact) mass is 415 g/mol. The second-order valence-electron chi connectivity index (χ2n) is 4.58. The van der Waals surface area contributed by atoms with Crippen LogP contribution in [0.2, 0.25) is 0 Å². The summed E-state index contributed by atoms with van der Waals surface area (Å²) in [4.78, 5) is 13.0. The maximum Gasteiger partial charge on any atom is 0.265 e. The van der Waals surface area contributed by atoms with Gasteiger partial charge in [0.05, 0.1) is 8.66 Å². The summed E-state index contributed by atoms with van der Waals surface area (Å²) >= 11 is 8.23. The third kappa shape index (κ3) is 3.51. The smallest absolute Gasteiger partial charge is 0.265 e. The van der Waals surface area contributed by atoms with E-state index in [4.69, 9.17) is 0 Å². The van der Waals surface area contributed by atoms with E-state index in [0.29, 0.717) is 10.8 Å². The van der Waals surface area contributed by atoms with Gasteiger partial charge in [-0.1, -0.05) is 32.0 Å². The number of para-hydroxylation sites is 1. The number of thiophene rings is 1. The normalized spacial score (nSPS) is 12.2. The van der Waals surface area contributed by atoms with Crippen LogP contribution in [-0.4, -0.2) is 5.91 Å². The summed E-state index contributed by atoms with van der Waals surface area (Å²) in [5.74, 6) is 0.352. The Balaban J connectivity index is 2.24. The number of benzene rings is 1. The molecule has 1 aromatic carbocycles. The standard InChI is InChI=1S/C15H15Br2NOS/c1-3-9(2)10-6-4-5-7-12(10)18-15(19)13-8-11(16)14(17)20-13/h4-9H,3H2,1-2H3,(H,18,19). The second-order valence-corrected chi connectivity index (χ2v) is 7.81. The van der Waals surface area contributed by atoms with E-state index in [1.165, 1.54) is 16.9 Å². The molecule has 2 rings (SSSR count). The zero-order chi connectivity index (χ0) is 14.7. The molecule has 5 heteroatoms. The van der Waals surface area contributed by atoms with Crippen LogP contribution in [-0.2, 0) is 0 Å². The van der Waals surface area contributed by atoms with Gasteiger partial charge in [0, 0.05) is 10.2 Å². The Morgan fingerprint density at radius 1 is 1.35 bits per heavy atom. The van der Waals surface area contributed by atoms with Crippen molar-refractivity contribution in [1.29, 1.82) is 0 Å². The van der Waals surface area contributed by atoms with E-state index in [1.54, 1.807) is 0 Å². The molecule has 1 aromatic heterocycles. The second kappa shape index (κ2) is 6.87. The number of rotatable bonds is 4. The molecule has 0 saturated heterocycles. The van der Waals surface area contributed by atoms with Crippen molar-refractivity contribution in [2.75, 3.05) is 5.32 Å². The molecular weight excluding hydrogens is 402 g/mol. The number of hydrogen-bond acceptors (Lipinski definition) is 2. The average molecular weight is 417 g/mol. The van der Waals surface area contributed by atoms with Crippen LogP contribution in [0.25, 0.3) is 0 Å². The molecule has 1 atom stereocenters. The summed E-state index contributed by atoms with van der Waals surface area (Å²) in [6.45, 7) is 4.32. The summed E-state index contributed by atoms with van der Waals surface area (Å²) in [5.41, 5.74) is 2.07. The minimum absolute atomic E-state index is 0.0721. The van der Waals surface area contributed by atoms with Gasteiger partial charge in [-0.3, -0.25) is 4.79 Å². The average Bonchev–Trinajstić information content (AvgIpc) is 2.78. The molecule has 106 valence electrons. The van der Waals surface area contributed by atoms with E-state index in [9.17, 15) is 4.79 Å². The fourth-order valence-corrected chi connectivity index (χ4v) is 3.83. The predicted molar refractivity (Wildman–Crippen MR) is 92.8 cm³/mol. The Morgan fingerprint density at radius 2 is 2.05 bits per heavy atom. The molecule has 0 saturated carbocycles. The molecule has 2 nitrogen and oxygen atoms in total. The van der Waals surface area contributed by atoms with Crippen molar-refractivity contribution in [3.8, 4) is 0 Å². The number of carbonyl (C=O) groups is 1. The molecule has 0 radical (unpaired) electrons. The Kier molecular flexibility index (Phi) is 5.41. The number of hydrogen-bond donors (Lipinski definition) is 1. The van der Waals surface area contributed by atoms with Crippen molar-refractivity contribution < 1.29 is 4.79 Å². The lowest BCUT2D eigenvalue weighted by Crippen LogP contribution is -2.12. The van der Waals surface area contributed by atoms with Crippen LogP contribution in [0.3, 0.4) is 0 Å². The van der Waals surface area contributed by atoms with Gasteiger partial charge in [-0.05, 0) is 61.9 Å². The van der Waals surface area contributed by atoms with Crippen molar-refractivity contribution in [2.45, 2.75) is 26.2 Å². The molecular formula is C15H15Br2NOS. The SMILES string of the molecule is CCC(C)c1ccccc1NC(=O)c1cc(Br)c(Br)s1. The van der Waals surface area contributed by atoms with Crippen molar-refractivity contribution in [1.82, 2.24) is 0 Å². The topological polar surface area (TPSA) is 29.1 Å². The summed E-state index contributed by atoms with van der Waals surface area (Å²) in [6, 6.07) is 9.81. The van der Waals surface area contributed by atoms with E-state index < -0.39 is 0 Å². The molecule has 0 fully saturated rings. The highest BCUT2D eigenvalue weighted by atomic mass is 79.9. The molecule has 0 bridgehead atoms. The quantitative estimate of drug-likeness (QED) is 0.646. The van der Waals surface area contributed by atoms with Gasteiger partial charge in [0.2, 0.25) is 0 Å². The van der Waals surface area contributed by atoms with Crippen LogP contribution in [0, 0.1) is 0 Å². The summed E-state index contributed by atoms with van der Waals surface area (Å²) in [6.07, 6.45) is 1.04. The molecule has 1 heterocycles. The maximum absolute atomic E-state index is 12.3. The Labute approximate surface area is 139 Å². The Morgan fingerprint density at radius 3 is 2.65 bits per heavy atom. The summed E-state index contributed by atoms with van der Waals surface area (Å²) in [5, 5.41) is 3.01. The molecule has 20 heavy (non-hydrogen) atoms. The third-order valence-electron chi connectivity index (χ3n) is 3.22. The number of anilines is 1. The first-order chi connectivity index (χ1) is 9.52. The van der Waals surface area contributed by atoms with E-state index >= 15 is 0 Å². The maximum atomic E-state index is 12.3. The van der Waals surface area contributed by atoms with Gasteiger partial charge in [0.15, 0.2) is 0 Å². The van der Waals surface area contributed by atoms with Crippen molar-refractivity contribution in [3.63, 3.8) is 0 Å². The minimum atomic E-state index is -0.0721. The largest absolute Gasteiger partial charge is 0.321 e. The Bertz CT molecular complexity index is 605. The lowest BCUT2D eigenvalue weighted by Gasteiger charge is -2.15. The van der Waals surface area contributed by atoms with Gasteiger partial charge in [0.1, 0.15) is 0 Å². The zero-order valence-corrected chi connectivity index (χ0v) is 15.2. The Hall–Kier alpha value is -0.650. The summed E-state index contributed by atoms with van der Waals surface area (Å²) in [7, 11) is 0. The fourth-order valence-electron chi connectivity index (χ4n) is 1.90. The van der Waals surface area contributed by atoms with E-state index in [2.05, 4.69) is 57.1 Å². The van der Waals surface area contributed by atoms with E-state index in [1.807, 2.05) is 24.3 Å². The van der Waals surface area contributed by atoms with Crippen molar-refractivity contribution in [3.05, 3.63) is 49.0 Å². The minimum Gasteiger partial charge on any atom is -0.321 e. The van der Waals surface area contributed by atoms with Crippen LogP contribution in [0.1, 0.15) is 41.4 Å². The predicted octanol–water partition coefficient (Wildman–Crippen LogP) is 6.04. The molecule has 1 N–H and O–H groups in total. The van der Waals surface area contributed by atoms with Gasteiger partial charge < -0.3 is 5.32 Å². The van der Waals surface area contributed by atoms with Gasteiger partial charge in [0.25, 0.3) is 5.91 Å². The van der Waals surface area contributed by atoms with E-state index in [-0.39, 0.29) is 5.91 Å². The lowest BCUT2D eigenvalue weighted by atomic mass is 9.97. The van der Waals surface area contributed by atoms with E-state index in [0.717, 1.165) is 20.4 Å². The highest BCUT2D eigenvalue weighted by molar-refractivity contribution is 9.13. The van der Waals surface area contributed by atoms with Crippen LogP contribution in [0.5, 0.6) is 0 Å². The van der Waals surface area contributed by atoms with Crippen LogP contribution in [0.15, 0.2) is 38.6 Å². The van der Waals surface area contributed by atoms with Gasteiger partial charge in [-0.25, -0.2) is 0 Å². The van der Waals surface area contributed by atoms with Crippen LogP contribution in [0.4, 0.5) is 5.69 Å². The van der Waals surface area contributed by atoms with Crippen molar-refractivity contribution >= 4 is 54.8 Å². The molecule has 0 aliphatic heterocycles. The number of nitrogens with one attached hydrogen (secondary N) is 1. The highest BCUT2D eigenvalue weighted by Gasteiger charge is 2.15. The molecule has 1 unspecified atom stereocenters. The molecule has 0 aliphatic carbocycles. The number of halogens is 2. The zero-order valence-electron chi connectivity index (χ0n) is 11.2. The van der Waals surface area contributed by atoms with Crippen LogP contribution < -0.4 is 5.32 Å². The highest BCUT2D eigenvalue weighted by Crippen LogP contribution is 2.33. The molecule has 2 aromatic rings. The fraction of sp³-hybridized carbons (Fsp3) is 0.267. The van der Waals surface area contributed by atoms with Crippen molar-refractivity contribution in [2.24, 2.45) is 0 Å². The van der Waals surface area contributed by atoms with Gasteiger partial charge in [-0.2, -0.15) is 0 Å².